The van der Waals surface area contributed by atoms with Gasteiger partial charge in [0.05, 0.1) is 10.6 Å². The second kappa shape index (κ2) is 9.99. The molecule has 0 radical (unpaired) electrons. The molecule has 3 rings (SSSR count). The van der Waals surface area contributed by atoms with Gasteiger partial charge in [-0.05, 0) is 42.5 Å². The summed E-state index contributed by atoms with van der Waals surface area (Å²) in [4.78, 5) is 39.8. The van der Waals surface area contributed by atoms with E-state index in [9.17, 15) is 18.8 Å². The first kappa shape index (κ1) is 23.5. The summed E-state index contributed by atoms with van der Waals surface area (Å²) >= 11 is 6.28. The summed E-state index contributed by atoms with van der Waals surface area (Å²) in [6.07, 6.45) is 0.499. The van der Waals surface area contributed by atoms with Gasteiger partial charge in [0.2, 0.25) is 0 Å². The highest BCUT2D eigenvalue weighted by molar-refractivity contribution is 6.40. The van der Waals surface area contributed by atoms with E-state index in [1.54, 1.807) is 23.1 Å². The SMILES string of the molecule is CNC(=O)C(=O)N(C)c1ccc(Cl)c(C(=O)N2CCC(Oc3ccc(F)cc3)C(C)C2)c1. The lowest BCUT2D eigenvalue weighted by Gasteiger charge is -2.37. The number of nitrogens with zero attached hydrogens (tertiary/aromatic N) is 2. The zero-order chi connectivity index (χ0) is 23.4. The lowest BCUT2D eigenvalue weighted by molar-refractivity contribution is -0.137. The van der Waals surface area contributed by atoms with E-state index in [4.69, 9.17) is 16.3 Å². The lowest BCUT2D eigenvalue weighted by atomic mass is 9.95. The van der Waals surface area contributed by atoms with Crippen LogP contribution >= 0.6 is 11.6 Å². The molecule has 2 unspecified atom stereocenters. The normalized spacial score (nSPS) is 18.1. The molecule has 0 aromatic heterocycles. The number of likely N-dealkylation sites (tertiary alicyclic amines) is 1. The first-order valence-electron chi connectivity index (χ1n) is 10.2. The molecule has 7 nitrogen and oxygen atoms in total. The molecule has 1 fully saturated rings. The third-order valence-electron chi connectivity index (χ3n) is 5.51. The molecule has 1 aliphatic heterocycles. The van der Waals surface area contributed by atoms with Gasteiger partial charge in [0, 0.05) is 45.2 Å². The largest absolute Gasteiger partial charge is 0.490 e. The van der Waals surface area contributed by atoms with Crippen LogP contribution in [0, 0.1) is 11.7 Å². The Bertz CT molecular complexity index is 1010. The Morgan fingerprint density at radius 1 is 1.19 bits per heavy atom. The van der Waals surface area contributed by atoms with Gasteiger partial charge in [-0.3, -0.25) is 14.4 Å². The summed E-state index contributed by atoms with van der Waals surface area (Å²) in [5.74, 6) is -1.47. The van der Waals surface area contributed by atoms with Crippen molar-refractivity contribution in [3.8, 4) is 5.75 Å². The minimum absolute atomic E-state index is 0.0391. The van der Waals surface area contributed by atoms with E-state index < -0.39 is 11.8 Å². The van der Waals surface area contributed by atoms with Gasteiger partial charge in [0.25, 0.3) is 5.91 Å². The number of benzene rings is 2. The second-order valence-corrected chi connectivity index (χ2v) is 8.14. The van der Waals surface area contributed by atoms with Crippen LogP contribution in [0.25, 0.3) is 0 Å². The Hall–Kier alpha value is -3.13. The number of piperidine rings is 1. The smallest absolute Gasteiger partial charge is 0.316 e. The molecule has 0 aliphatic carbocycles. The van der Waals surface area contributed by atoms with Crippen molar-refractivity contribution < 1.29 is 23.5 Å². The van der Waals surface area contributed by atoms with E-state index in [0.717, 1.165) is 4.90 Å². The number of anilines is 1. The van der Waals surface area contributed by atoms with E-state index >= 15 is 0 Å². The van der Waals surface area contributed by atoms with E-state index in [1.807, 2.05) is 6.92 Å². The quantitative estimate of drug-likeness (QED) is 0.709. The Labute approximate surface area is 191 Å². The molecule has 9 heteroatoms. The van der Waals surface area contributed by atoms with Crippen molar-refractivity contribution in [2.24, 2.45) is 5.92 Å². The fourth-order valence-electron chi connectivity index (χ4n) is 3.60. The van der Waals surface area contributed by atoms with Crippen LogP contribution in [0.2, 0.25) is 5.02 Å². The molecule has 1 N–H and O–H groups in total. The minimum atomic E-state index is -0.757. The molecule has 0 bridgehead atoms. The molecule has 0 saturated carbocycles. The van der Waals surface area contributed by atoms with Crippen LogP contribution < -0.4 is 15.0 Å². The van der Waals surface area contributed by atoms with E-state index in [-0.39, 0.29) is 34.3 Å². The molecule has 32 heavy (non-hydrogen) atoms. The Kier molecular flexibility index (Phi) is 7.35. The third kappa shape index (κ3) is 5.19. The van der Waals surface area contributed by atoms with Gasteiger partial charge < -0.3 is 19.9 Å². The molecule has 1 saturated heterocycles. The maximum Gasteiger partial charge on any atom is 0.316 e. The fourth-order valence-corrected chi connectivity index (χ4v) is 3.80. The lowest BCUT2D eigenvalue weighted by Crippen LogP contribution is -2.47. The summed E-state index contributed by atoms with van der Waals surface area (Å²) < 4.78 is 19.1. The third-order valence-corrected chi connectivity index (χ3v) is 5.84. The Morgan fingerprint density at radius 3 is 2.50 bits per heavy atom. The number of rotatable bonds is 4. The summed E-state index contributed by atoms with van der Waals surface area (Å²) in [7, 11) is 2.82. The average molecular weight is 462 g/mol. The molecule has 2 atom stereocenters. The number of hydrogen-bond donors (Lipinski definition) is 1. The van der Waals surface area contributed by atoms with Crippen LogP contribution in [0.3, 0.4) is 0 Å². The molecule has 1 aliphatic rings. The van der Waals surface area contributed by atoms with Gasteiger partial charge in [-0.1, -0.05) is 18.5 Å². The highest BCUT2D eigenvalue weighted by Gasteiger charge is 2.31. The number of ether oxygens (including phenoxy) is 1. The molecule has 3 amide bonds. The Balaban J connectivity index is 1.70. The molecule has 1 heterocycles. The molecular formula is C23H25ClFN3O4. The van der Waals surface area contributed by atoms with Crippen LogP contribution in [-0.4, -0.2) is 55.9 Å². The number of carbonyl (C=O) groups excluding carboxylic acids is 3. The summed E-state index contributed by atoms with van der Waals surface area (Å²) in [6, 6.07) is 10.5. The van der Waals surface area contributed by atoms with Gasteiger partial charge in [-0.15, -0.1) is 0 Å². The zero-order valence-corrected chi connectivity index (χ0v) is 18.9. The number of likely N-dealkylation sites (N-methyl/N-ethyl adjacent to an activating group) is 2. The summed E-state index contributed by atoms with van der Waals surface area (Å²) in [5.41, 5.74) is 0.639. The van der Waals surface area contributed by atoms with E-state index in [2.05, 4.69) is 5.32 Å². The summed E-state index contributed by atoms with van der Waals surface area (Å²) in [6.45, 7) is 2.91. The first-order valence-corrected chi connectivity index (χ1v) is 10.6. The number of nitrogens with one attached hydrogen (secondary N) is 1. The van der Waals surface area contributed by atoms with Crippen LogP contribution in [0.4, 0.5) is 10.1 Å². The van der Waals surface area contributed by atoms with Crippen molar-refractivity contribution in [2.75, 3.05) is 32.1 Å². The average Bonchev–Trinajstić information content (AvgIpc) is 2.80. The van der Waals surface area contributed by atoms with Gasteiger partial charge in [-0.25, -0.2) is 4.39 Å². The van der Waals surface area contributed by atoms with Gasteiger partial charge >= 0.3 is 11.8 Å². The highest BCUT2D eigenvalue weighted by Crippen LogP contribution is 2.28. The maximum atomic E-state index is 13.2. The first-order chi connectivity index (χ1) is 15.2. The topological polar surface area (TPSA) is 79.0 Å². The van der Waals surface area contributed by atoms with Crippen LogP contribution in [-0.2, 0) is 9.59 Å². The zero-order valence-electron chi connectivity index (χ0n) is 18.1. The fraction of sp³-hybridized carbons (Fsp3) is 0.348. The second-order valence-electron chi connectivity index (χ2n) is 7.73. The molecule has 170 valence electrons. The number of halogens is 2. The number of hydrogen-bond acceptors (Lipinski definition) is 4. The van der Waals surface area contributed by atoms with Crippen LogP contribution in [0.5, 0.6) is 5.75 Å². The predicted octanol–water partition coefficient (Wildman–Crippen LogP) is 3.12. The van der Waals surface area contributed by atoms with Crippen molar-refractivity contribution in [3.05, 3.63) is 58.9 Å². The van der Waals surface area contributed by atoms with E-state index in [1.165, 1.54) is 38.4 Å². The van der Waals surface area contributed by atoms with Gasteiger partial charge in [0.1, 0.15) is 17.7 Å². The molecular weight excluding hydrogens is 437 g/mol. The van der Waals surface area contributed by atoms with Crippen molar-refractivity contribution in [1.29, 1.82) is 0 Å². The van der Waals surface area contributed by atoms with Crippen LogP contribution in [0.15, 0.2) is 42.5 Å². The van der Waals surface area contributed by atoms with Gasteiger partial charge in [0.15, 0.2) is 0 Å². The van der Waals surface area contributed by atoms with Crippen molar-refractivity contribution in [2.45, 2.75) is 19.4 Å². The van der Waals surface area contributed by atoms with Crippen molar-refractivity contribution in [3.63, 3.8) is 0 Å². The minimum Gasteiger partial charge on any atom is -0.490 e. The maximum absolute atomic E-state index is 13.2. The predicted molar refractivity (Wildman–Crippen MR) is 119 cm³/mol. The number of carbonyl (C=O) groups is 3. The van der Waals surface area contributed by atoms with Crippen molar-refractivity contribution in [1.82, 2.24) is 10.2 Å². The molecule has 2 aromatic rings. The standard InChI is InChI=1S/C23H25ClFN3O4/c1-14-13-28(11-10-20(14)32-17-7-4-15(25)5-8-17)22(30)18-12-16(6-9-19(18)24)27(3)23(31)21(29)26-2/h4-9,12,14,20H,10-11,13H2,1-3H3,(H,26,29). The highest BCUT2D eigenvalue weighted by atomic mass is 35.5. The Morgan fingerprint density at radius 2 is 1.88 bits per heavy atom. The molecule has 0 spiro atoms. The monoisotopic (exact) mass is 461 g/mol. The number of amides is 3. The van der Waals surface area contributed by atoms with E-state index in [0.29, 0.717) is 30.9 Å². The van der Waals surface area contributed by atoms with Gasteiger partial charge in [-0.2, -0.15) is 0 Å². The summed E-state index contributed by atoms with van der Waals surface area (Å²) in [5, 5.41) is 2.54. The van der Waals surface area contributed by atoms with Crippen LogP contribution in [0.1, 0.15) is 23.7 Å². The van der Waals surface area contributed by atoms with Crippen molar-refractivity contribution >= 4 is 35.0 Å². The molecule has 2 aromatic carbocycles.